The first-order valence-corrected chi connectivity index (χ1v) is 21.7. The third-order valence-corrected chi connectivity index (χ3v) is 11.6. The van der Waals surface area contributed by atoms with E-state index >= 15 is 0 Å². The van der Waals surface area contributed by atoms with Crippen molar-refractivity contribution in [3.63, 3.8) is 0 Å². The van der Waals surface area contributed by atoms with E-state index in [4.69, 9.17) is 18.9 Å². The molecule has 0 saturated carbocycles. The van der Waals surface area contributed by atoms with Gasteiger partial charge in [0.25, 0.3) is 20.2 Å². The van der Waals surface area contributed by atoms with Crippen LogP contribution < -0.4 is 18.9 Å². The van der Waals surface area contributed by atoms with E-state index in [-0.39, 0.29) is 59.8 Å². The van der Waals surface area contributed by atoms with E-state index in [2.05, 4.69) is 0 Å². The van der Waals surface area contributed by atoms with Crippen molar-refractivity contribution in [2.45, 2.75) is 36.2 Å². The zero-order chi connectivity index (χ0) is 41.7. The highest BCUT2D eigenvalue weighted by molar-refractivity contribution is 7.86. The summed E-state index contributed by atoms with van der Waals surface area (Å²) < 4.78 is 102. The van der Waals surface area contributed by atoms with Crippen molar-refractivity contribution in [1.82, 2.24) is 0 Å². The second kappa shape index (κ2) is 17.3. The SMILES string of the molecule is O=S(=O)(O)c1c(OCc2ccccc2)cc2cc(OCc3ccccc3)ccc2c1-c1c(S(=O)(=O)O)c(OCc2ccccc2)cc2cc(OCc3ccccc3)ccc12. The Hall–Kier alpha value is -6.70. The van der Waals surface area contributed by atoms with Crippen molar-refractivity contribution < 1.29 is 44.9 Å². The van der Waals surface area contributed by atoms with Crippen LogP contribution in [0.25, 0.3) is 32.7 Å². The van der Waals surface area contributed by atoms with Crippen LogP contribution in [0.5, 0.6) is 23.0 Å². The maximum absolute atomic E-state index is 13.8. The summed E-state index contributed by atoms with van der Waals surface area (Å²) in [7, 11) is -10.4. The van der Waals surface area contributed by atoms with E-state index in [1.54, 1.807) is 84.9 Å². The Morgan fingerprint density at radius 3 is 0.967 bits per heavy atom. The Labute approximate surface area is 347 Å². The van der Waals surface area contributed by atoms with E-state index in [0.29, 0.717) is 33.4 Å². The maximum Gasteiger partial charge on any atom is 0.298 e. The monoisotopic (exact) mass is 838 g/mol. The molecule has 302 valence electrons. The fourth-order valence-electron chi connectivity index (χ4n) is 7.04. The standard InChI is InChI=1S/C48H38O10S2/c49-59(50,51)47-43(57-31-35-17-9-3-10-18-35)27-37-25-39(55-29-33-13-5-1-6-14-33)21-23-41(37)45(47)46-42-24-22-40(56-30-34-15-7-2-8-16-34)26-38(42)28-44(48(46)60(52,53)54)58-32-36-19-11-4-12-20-36/h1-28H,29-32H2,(H,49,50,51)(H,52,53,54). The quantitative estimate of drug-likeness (QED) is 0.0957. The first-order valence-electron chi connectivity index (χ1n) is 18.8. The van der Waals surface area contributed by atoms with E-state index in [9.17, 15) is 25.9 Å². The van der Waals surface area contributed by atoms with Crippen LogP contribution in [0, 0.1) is 0 Å². The van der Waals surface area contributed by atoms with Gasteiger partial charge in [0.1, 0.15) is 59.2 Å². The van der Waals surface area contributed by atoms with Gasteiger partial charge in [-0.15, -0.1) is 0 Å². The minimum atomic E-state index is -5.21. The second-order valence-corrected chi connectivity index (χ2v) is 16.7. The van der Waals surface area contributed by atoms with Gasteiger partial charge in [-0.05, 0) is 80.2 Å². The van der Waals surface area contributed by atoms with Gasteiger partial charge in [0.2, 0.25) is 0 Å². The average Bonchev–Trinajstić information content (AvgIpc) is 3.25. The van der Waals surface area contributed by atoms with E-state index in [0.717, 1.165) is 11.1 Å². The molecular weight excluding hydrogens is 801 g/mol. The summed E-state index contributed by atoms with van der Waals surface area (Å²) >= 11 is 0. The van der Waals surface area contributed by atoms with Crippen LogP contribution >= 0.6 is 0 Å². The van der Waals surface area contributed by atoms with Crippen molar-refractivity contribution in [3.8, 4) is 34.1 Å². The molecule has 10 nitrogen and oxygen atoms in total. The topological polar surface area (TPSA) is 146 Å². The lowest BCUT2D eigenvalue weighted by atomic mass is 9.92. The highest BCUT2D eigenvalue weighted by Gasteiger charge is 2.33. The molecule has 8 aromatic carbocycles. The lowest BCUT2D eigenvalue weighted by Crippen LogP contribution is -2.11. The molecule has 0 aliphatic rings. The van der Waals surface area contributed by atoms with Gasteiger partial charge in [-0.2, -0.15) is 16.8 Å². The molecule has 0 aliphatic heterocycles. The third kappa shape index (κ3) is 9.12. The van der Waals surface area contributed by atoms with Crippen LogP contribution in [0.3, 0.4) is 0 Å². The molecule has 0 unspecified atom stereocenters. The molecular formula is C48H38O10S2. The minimum Gasteiger partial charge on any atom is -0.489 e. The molecule has 0 amide bonds. The van der Waals surface area contributed by atoms with Crippen LogP contribution in [0.2, 0.25) is 0 Å². The highest BCUT2D eigenvalue weighted by Crippen LogP contribution is 2.50. The highest BCUT2D eigenvalue weighted by atomic mass is 32.2. The Morgan fingerprint density at radius 2 is 0.667 bits per heavy atom. The van der Waals surface area contributed by atoms with Crippen LogP contribution in [-0.2, 0) is 46.7 Å². The Morgan fingerprint density at radius 1 is 0.367 bits per heavy atom. The zero-order valence-electron chi connectivity index (χ0n) is 32.0. The Bertz CT molecular complexity index is 2810. The van der Waals surface area contributed by atoms with Gasteiger partial charge in [0, 0.05) is 11.1 Å². The van der Waals surface area contributed by atoms with Crippen LogP contribution in [0.4, 0.5) is 0 Å². The number of fused-ring (bicyclic) bond motifs is 2. The van der Waals surface area contributed by atoms with Gasteiger partial charge < -0.3 is 18.9 Å². The molecule has 8 rings (SSSR count). The van der Waals surface area contributed by atoms with E-state index in [1.807, 2.05) is 72.8 Å². The predicted molar refractivity (Wildman–Crippen MR) is 230 cm³/mol. The van der Waals surface area contributed by atoms with Crippen molar-refractivity contribution in [2.24, 2.45) is 0 Å². The average molecular weight is 839 g/mol. The molecule has 0 spiro atoms. The molecule has 0 radical (unpaired) electrons. The molecule has 60 heavy (non-hydrogen) atoms. The zero-order valence-corrected chi connectivity index (χ0v) is 33.6. The van der Waals surface area contributed by atoms with E-state index in [1.165, 1.54) is 12.1 Å². The lowest BCUT2D eigenvalue weighted by Gasteiger charge is -2.22. The van der Waals surface area contributed by atoms with Crippen molar-refractivity contribution >= 4 is 41.8 Å². The van der Waals surface area contributed by atoms with Gasteiger partial charge >= 0.3 is 0 Å². The second-order valence-electron chi connectivity index (χ2n) is 14.0. The number of hydrogen-bond acceptors (Lipinski definition) is 8. The van der Waals surface area contributed by atoms with Crippen molar-refractivity contribution in [3.05, 3.63) is 192 Å². The molecule has 0 fully saturated rings. The fraction of sp³-hybridized carbons (Fsp3) is 0.0833. The molecule has 0 heterocycles. The maximum atomic E-state index is 13.8. The first kappa shape index (κ1) is 40.1. The van der Waals surface area contributed by atoms with E-state index < -0.39 is 30.0 Å². The van der Waals surface area contributed by atoms with Crippen LogP contribution in [0.1, 0.15) is 22.3 Å². The summed E-state index contributed by atoms with van der Waals surface area (Å²) in [4.78, 5) is -1.42. The summed E-state index contributed by atoms with van der Waals surface area (Å²) in [5.74, 6) is 0.311. The summed E-state index contributed by atoms with van der Waals surface area (Å²) in [5, 5.41) is 1.19. The molecule has 2 N–H and O–H groups in total. The number of ether oxygens (including phenoxy) is 4. The van der Waals surface area contributed by atoms with Gasteiger partial charge in [-0.1, -0.05) is 133 Å². The molecule has 0 atom stereocenters. The first-order chi connectivity index (χ1) is 29.0. The van der Waals surface area contributed by atoms with Gasteiger partial charge in [-0.3, -0.25) is 9.11 Å². The van der Waals surface area contributed by atoms with Gasteiger partial charge in [-0.25, -0.2) is 0 Å². The number of hydrogen-bond donors (Lipinski definition) is 2. The molecule has 0 aromatic heterocycles. The van der Waals surface area contributed by atoms with Crippen molar-refractivity contribution in [1.29, 1.82) is 0 Å². The molecule has 0 aliphatic carbocycles. The molecule has 12 heteroatoms. The summed E-state index contributed by atoms with van der Waals surface area (Å²) in [5.41, 5.74) is 2.74. The Balaban J connectivity index is 1.39. The van der Waals surface area contributed by atoms with Crippen molar-refractivity contribution in [2.75, 3.05) is 0 Å². The molecule has 0 saturated heterocycles. The summed E-state index contributed by atoms with van der Waals surface area (Å²) in [6.07, 6.45) is 0. The largest absolute Gasteiger partial charge is 0.489 e. The van der Waals surface area contributed by atoms with Gasteiger partial charge in [0.05, 0.1) is 0 Å². The lowest BCUT2D eigenvalue weighted by molar-refractivity contribution is 0.296. The summed E-state index contributed by atoms with van der Waals surface area (Å²) in [6, 6.07) is 49.7. The number of rotatable bonds is 15. The third-order valence-electron chi connectivity index (χ3n) is 9.80. The molecule has 8 aromatic rings. The summed E-state index contributed by atoms with van der Waals surface area (Å²) in [6.45, 7) is 0.249. The minimum absolute atomic E-state index is 0.104. The predicted octanol–water partition coefficient (Wildman–Crippen LogP) is 10.5. The van der Waals surface area contributed by atoms with Crippen LogP contribution in [-0.4, -0.2) is 25.9 Å². The normalized spacial score (nSPS) is 11.7. The smallest absolute Gasteiger partial charge is 0.298 e. The molecule has 0 bridgehead atoms. The Kier molecular flexibility index (Phi) is 11.5. The van der Waals surface area contributed by atoms with Crippen LogP contribution in [0.15, 0.2) is 180 Å². The van der Waals surface area contributed by atoms with Gasteiger partial charge in [0.15, 0.2) is 0 Å². The number of benzene rings is 8. The fourth-order valence-corrected chi connectivity index (χ4v) is 8.72.